The average molecular weight is 679 g/mol. The summed E-state index contributed by atoms with van der Waals surface area (Å²) >= 11 is 0. The second-order valence-corrected chi connectivity index (χ2v) is 10.0. The van der Waals surface area contributed by atoms with E-state index in [4.69, 9.17) is 53.1 Å². The Hall–Kier alpha value is -0.720. The molecule has 0 aliphatic rings. The van der Waals surface area contributed by atoms with Crippen LogP contribution in [0.25, 0.3) is 0 Å². The van der Waals surface area contributed by atoms with Crippen LogP contribution in [-0.2, 0) is 18.9 Å². The van der Waals surface area contributed by atoms with Gasteiger partial charge in [0.1, 0.15) is 0 Å². The lowest BCUT2D eigenvalue weighted by molar-refractivity contribution is 0.0642. The second kappa shape index (κ2) is 46.4. The van der Waals surface area contributed by atoms with Gasteiger partial charge >= 0.3 is 0 Å². The quantitative estimate of drug-likeness (QED) is 0.0327. The smallest absolute Gasteiger partial charge is 0.0897 e. The molecule has 0 saturated carbocycles. The molecule has 0 fully saturated rings. The van der Waals surface area contributed by atoms with Gasteiger partial charge < -0.3 is 89.3 Å². The average Bonchev–Trinajstić information content (AvgIpc) is 3.03. The lowest BCUT2D eigenvalue weighted by atomic mass is 10.3. The summed E-state index contributed by atoms with van der Waals surface area (Å²) in [5.41, 5.74) is 26.5. The van der Waals surface area contributed by atoms with Crippen molar-refractivity contribution in [3.8, 4) is 0 Å². The SMILES string of the molecule is COCC(O)CN.COCC(O)CNCCN.COCC(O)CNCCN(CCN)CCN.COCC(O)CNCCNCCN. The highest BCUT2D eigenvalue weighted by Gasteiger charge is 2.05. The standard InChI is InChI=1S/C10H26N4O2.C8H21N3O2.C6H16N2O2.C4H11NO2/c1-16-9-10(15)8-13-4-7-14(5-2-11)6-3-12;1-13-7-8(12)6-11-5-4-10-3-2-9;1-10-5-6(9)4-8-3-2-7;1-7-3-4(6)2-5/h10,13,15H,2-9,11-12H2,1H3;8,10-12H,2-7,9H2,1H3;6,8-9H,2-5,7H2,1H3;4,6H,2-3,5H2,1H3. The van der Waals surface area contributed by atoms with Crippen molar-refractivity contribution in [2.45, 2.75) is 24.4 Å². The van der Waals surface area contributed by atoms with Crippen molar-refractivity contribution in [3.63, 3.8) is 0 Å². The Labute approximate surface area is 278 Å². The predicted molar refractivity (Wildman–Crippen MR) is 185 cm³/mol. The first-order valence-electron chi connectivity index (χ1n) is 15.9. The molecule has 0 aliphatic carbocycles. The molecule has 0 bridgehead atoms. The maximum absolute atomic E-state index is 9.38. The van der Waals surface area contributed by atoms with Gasteiger partial charge in [0, 0.05) is 133 Å². The first-order chi connectivity index (χ1) is 22.2. The number of nitrogens with zero attached hydrogens (tertiary/aromatic N) is 1. The van der Waals surface area contributed by atoms with Crippen molar-refractivity contribution in [3.05, 3.63) is 0 Å². The largest absolute Gasteiger partial charge is 0.389 e. The third kappa shape index (κ3) is 50.1. The minimum atomic E-state index is -0.495. The van der Waals surface area contributed by atoms with Crippen LogP contribution in [0.2, 0.25) is 0 Å². The van der Waals surface area contributed by atoms with Gasteiger partial charge in [-0.3, -0.25) is 4.90 Å². The van der Waals surface area contributed by atoms with Gasteiger partial charge in [-0.05, 0) is 0 Å². The molecule has 0 rings (SSSR count). The van der Waals surface area contributed by atoms with Crippen LogP contribution in [0.1, 0.15) is 0 Å². The van der Waals surface area contributed by atoms with Crippen molar-refractivity contribution in [2.24, 2.45) is 28.7 Å². The third-order valence-electron chi connectivity index (χ3n) is 5.46. The minimum absolute atomic E-state index is 0.272. The van der Waals surface area contributed by atoms with E-state index >= 15 is 0 Å². The van der Waals surface area contributed by atoms with Gasteiger partial charge in [0.05, 0.1) is 50.8 Å². The molecule has 0 spiro atoms. The zero-order chi connectivity index (χ0) is 35.7. The van der Waals surface area contributed by atoms with Crippen LogP contribution >= 0.6 is 0 Å². The zero-order valence-corrected chi connectivity index (χ0v) is 29.2. The second-order valence-electron chi connectivity index (χ2n) is 10.0. The molecule has 0 aliphatic heterocycles. The highest BCUT2D eigenvalue weighted by atomic mass is 16.5. The maximum atomic E-state index is 9.38. The van der Waals surface area contributed by atoms with E-state index in [1.165, 1.54) is 7.11 Å². The fourth-order valence-electron chi connectivity index (χ4n) is 3.26. The molecule has 0 amide bonds. The lowest BCUT2D eigenvalue weighted by Crippen LogP contribution is -2.40. The summed E-state index contributed by atoms with van der Waals surface area (Å²) in [7, 11) is 6.24. The van der Waals surface area contributed by atoms with E-state index in [-0.39, 0.29) is 6.54 Å². The van der Waals surface area contributed by atoms with Crippen molar-refractivity contribution in [2.75, 3.05) is 160 Å². The van der Waals surface area contributed by atoms with Crippen LogP contribution in [0.15, 0.2) is 0 Å². The van der Waals surface area contributed by atoms with Gasteiger partial charge in [-0.2, -0.15) is 0 Å². The van der Waals surface area contributed by atoms with E-state index in [0.717, 1.165) is 52.4 Å². The number of nitrogens with one attached hydrogen (secondary N) is 4. The topological polar surface area (TPSA) is 299 Å². The predicted octanol–water partition coefficient (Wildman–Crippen LogP) is -6.57. The molecule has 18 N–H and O–H groups in total. The molecule has 46 heavy (non-hydrogen) atoms. The Balaban J connectivity index is -0.000000266. The first kappa shape index (κ1) is 52.1. The van der Waals surface area contributed by atoms with Crippen LogP contribution in [-0.4, -0.2) is 209 Å². The highest BCUT2D eigenvalue weighted by Crippen LogP contribution is 1.86. The monoisotopic (exact) mass is 679 g/mol. The maximum Gasteiger partial charge on any atom is 0.0897 e. The lowest BCUT2D eigenvalue weighted by Gasteiger charge is -2.21. The van der Waals surface area contributed by atoms with Crippen molar-refractivity contribution < 1.29 is 39.4 Å². The van der Waals surface area contributed by atoms with Gasteiger partial charge in [-0.15, -0.1) is 0 Å². The van der Waals surface area contributed by atoms with Crippen LogP contribution in [0, 0.1) is 0 Å². The normalized spacial score (nSPS) is 13.4. The van der Waals surface area contributed by atoms with Crippen molar-refractivity contribution in [1.29, 1.82) is 0 Å². The summed E-state index contributed by atoms with van der Waals surface area (Å²) < 4.78 is 18.9. The minimum Gasteiger partial charge on any atom is -0.389 e. The molecule has 18 heteroatoms. The molecular weight excluding hydrogens is 604 g/mol. The molecule has 18 nitrogen and oxygen atoms in total. The number of ether oxygens (including phenoxy) is 4. The Bertz CT molecular complexity index is 523. The molecule has 0 aromatic rings. The number of aliphatic hydroxyl groups excluding tert-OH is 4. The summed E-state index contributed by atoms with van der Waals surface area (Å²) in [4.78, 5) is 2.20. The van der Waals surface area contributed by atoms with E-state index in [9.17, 15) is 10.2 Å². The number of rotatable bonds is 29. The molecule has 0 aromatic heterocycles. The first-order valence-corrected chi connectivity index (χ1v) is 15.9. The molecule has 0 heterocycles. The number of hydrogen-bond donors (Lipinski definition) is 13. The Morgan fingerprint density at radius 3 is 1.15 bits per heavy atom. The number of nitrogens with two attached hydrogens (primary N) is 5. The van der Waals surface area contributed by atoms with Crippen molar-refractivity contribution >= 4 is 0 Å². The molecule has 0 saturated heterocycles. The number of hydrogen-bond acceptors (Lipinski definition) is 18. The van der Waals surface area contributed by atoms with Gasteiger partial charge in [0.25, 0.3) is 0 Å². The fraction of sp³-hybridized carbons (Fsp3) is 1.00. The van der Waals surface area contributed by atoms with E-state index in [1.807, 2.05) is 0 Å². The molecule has 284 valence electrons. The molecule has 0 radical (unpaired) electrons. The Morgan fingerprint density at radius 1 is 0.457 bits per heavy atom. The summed E-state index contributed by atoms with van der Waals surface area (Å²) in [5.74, 6) is 0. The molecule has 4 atom stereocenters. The van der Waals surface area contributed by atoms with Crippen LogP contribution in [0.4, 0.5) is 0 Å². The van der Waals surface area contributed by atoms with Crippen LogP contribution < -0.4 is 49.9 Å². The number of aliphatic hydroxyl groups is 4. The van der Waals surface area contributed by atoms with Crippen LogP contribution in [0.3, 0.4) is 0 Å². The van der Waals surface area contributed by atoms with Gasteiger partial charge in [0.15, 0.2) is 0 Å². The third-order valence-corrected chi connectivity index (χ3v) is 5.46. The van der Waals surface area contributed by atoms with E-state index < -0.39 is 24.4 Å². The van der Waals surface area contributed by atoms with Crippen LogP contribution in [0.5, 0.6) is 0 Å². The Morgan fingerprint density at radius 2 is 0.804 bits per heavy atom. The molecule has 0 aromatic carbocycles. The fourth-order valence-corrected chi connectivity index (χ4v) is 3.26. The van der Waals surface area contributed by atoms with E-state index in [2.05, 4.69) is 30.9 Å². The molecular formula is C28H74N10O8. The Kier molecular flexibility index (Phi) is 52.6. The van der Waals surface area contributed by atoms with Gasteiger partial charge in [-0.25, -0.2) is 0 Å². The highest BCUT2D eigenvalue weighted by molar-refractivity contribution is 4.63. The summed E-state index contributed by atoms with van der Waals surface area (Å²) in [6, 6.07) is 0. The van der Waals surface area contributed by atoms with Crippen molar-refractivity contribution in [1.82, 2.24) is 26.2 Å². The van der Waals surface area contributed by atoms with Gasteiger partial charge in [0.2, 0.25) is 0 Å². The van der Waals surface area contributed by atoms with E-state index in [1.54, 1.807) is 21.3 Å². The summed E-state index contributed by atoms with van der Waals surface area (Å²) in [6.45, 7) is 12.6. The summed E-state index contributed by atoms with van der Waals surface area (Å²) in [6.07, 6.45) is -1.77. The number of methoxy groups -OCH3 is 4. The van der Waals surface area contributed by atoms with E-state index in [0.29, 0.717) is 72.2 Å². The summed E-state index contributed by atoms with van der Waals surface area (Å²) in [5, 5.41) is 48.6. The molecule has 4 unspecified atom stereocenters. The van der Waals surface area contributed by atoms with Gasteiger partial charge in [-0.1, -0.05) is 0 Å². The zero-order valence-electron chi connectivity index (χ0n) is 29.2.